The van der Waals surface area contributed by atoms with E-state index in [1.807, 2.05) is 6.08 Å². The predicted molar refractivity (Wildman–Crippen MR) is 137 cm³/mol. The monoisotopic (exact) mass is 414 g/mol. The third-order valence-corrected chi connectivity index (χ3v) is 6.99. The van der Waals surface area contributed by atoms with E-state index in [1.54, 1.807) is 0 Å². The summed E-state index contributed by atoms with van der Waals surface area (Å²) in [5, 5.41) is 2.53. The summed E-state index contributed by atoms with van der Waals surface area (Å²) in [7, 11) is 0. The number of nitrogens with zero attached hydrogens (tertiary/aromatic N) is 1. The van der Waals surface area contributed by atoms with Crippen molar-refractivity contribution in [2.75, 3.05) is 0 Å². The number of rotatable bonds is 3. The maximum Gasteiger partial charge on any atom is 0.0585 e. The third kappa shape index (κ3) is 2.35. The van der Waals surface area contributed by atoms with E-state index in [9.17, 15) is 0 Å². The van der Waals surface area contributed by atoms with E-state index < -0.39 is 0 Å². The van der Waals surface area contributed by atoms with Crippen LogP contribution in [-0.2, 0) is 5.41 Å². The van der Waals surface area contributed by atoms with E-state index in [2.05, 4.69) is 116 Å². The first-order chi connectivity index (χ1) is 15.6. The molecule has 6 rings (SSSR count). The lowest BCUT2D eigenvalue weighted by Crippen LogP contribution is -2.14. The van der Waals surface area contributed by atoms with Crippen LogP contribution in [0.2, 0.25) is 0 Å². The second-order valence-corrected chi connectivity index (χ2v) is 9.14. The summed E-state index contributed by atoms with van der Waals surface area (Å²) in [5.74, 6) is 0. The molecule has 2 nitrogen and oxygen atoms in total. The largest absolute Gasteiger partial charge is 0.355 e. The molecule has 5 aromatic rings. The zero-order valence-corrected chi connectivity index (χ0v) is 18.7. The SMILES string of the molecule is C=Cc1[nH]c2cc3c4c(n(-c5ccccc5)c3cc2c1/C=C\C)-c1ccccc1C4(C)C. The molecular weight excluding hydrogens is 388 g/mol. The van der Waals surface area contributed by atoms with Crippen molar-refractivity contribution in [3.8, 4) is 16.9 Å². The van der Waals surface area contributed by atoms with Crippen molar-refractivity contribution in [2.24, 2.45) is 0 Å². The molecule has 1 aliphatic carbocycles. The van der Waals surface area contributed by atoms with Gasteiger partial charge in [0.2, 0.25) is 0 Å². The van der Waals surface area contributed by atoms with Crippen molar-refractivity contribution < 1.29 is 0 Å². The Morgan fingerprint density at radius 3 is 2.44 bits per heavy atom. The van der Waals surface area contributed by atoms with Crippen LogP contribution in [0.5, 0.6) is 0 Å². The number of hydrogen-bond acceptors (Lipinski definition) is 0. The third-order valence-electron chi connectivity index (χ3n) is 6.99. The summed E-state index contributed by atoms with van der Waals surface area (Å²) >= 11 is 0. The standard InChI is InChI=1S/C30H26N2/c1-5-12-20-22-18-27-23(17-26(22)31-25(20)6-2)28-29(32(27)19-13-8-7-9-14-19)21-15-10-11-16-24(21)30(28,3)4/h5-18,31H,2H2,1,3-4H3/b12-5-. The summed E-state index contributed by atoms with van der Waals surface area (Å²) in [6.45, 7) is 10.8. The minimum Gasteiger partial charge on any atom is -0.355 e. The molecular formula is C30H26N2. The first kappa shape index (κ1) is 18.9. The summed E-state index contributed by atoms with van der Waals surface area (Å²) in [4.78, 5) is 3.60. The molecule has 0 aliphatic heterocycles. The van der Waals surface area contributed by atoms with Crippen LogP contribution in [0.3, 0.4) is 0 Å². The van der Waals surface area contributed by atoms with Crippen molar-refractivity contribution in [1.82, 2.24) is 9.55 Å². The highest BCUT2D eigenvalue weighted by molar-refractivity contribution is 6.07. The maximum atomic E-state index is 4.03. The summed E-state index contributed by atoms with van der Waals surface area (Å²) < 4.78 is 2.46. The molecule has 0 radical (unpaired) electrons. The van der Waals surface area contributed by atoms with Crippen LogP contribution in [-0.4, -0.2) is 9.55 Å². The molecule has 156 valence electrons. The van der Waals surface area contributed by atoms with Crippen LogP contribution in [0.25, 0.3) is 50.9 Å². The first-order valence-electron chi connectivity index (χ1n) is 11.2. The van der Waals surface area contributed by atoms with Gasteiger partial charge in [0.25, 0.3) is 0 Å². The van der Waals surface area contributed by atoms with Crippen LogP contribution in [0, 0.1) is 0 Å². The maximum absolute atomic E-state index is 4.03. The molecule has 0 amide bonds. The number of fused-ring (bicyclic) bond motifs is 6. The Hall–Kier alpha value is -3.78. The highest BCUT2D eigenvalue weighted by Gasteiger charge is 2.40. The number of nitrogens with one attached hydrogen (secondary N) is 1. The van der Waals surface area contributed by atoms with Gasteiger partial charge in [0.1, 0.15) is 0 Å². The topological polar surface area (TPSA) is 20.7 Å². The van der Waals surface area contributed by atoms with Crippen LogP contribution < -0.4 is 0 Å². The normalized spacial score (nSPS) is 14.3. The zero-order chi connectivity index (χ0) is 22.0. The van der Waals surface area contributed by atoms with Crippen molar-refractivity contribution in [2.45, 2.75) is 26.2 Å². The van der Waals surface area contributed by atoms with Gasteiger partial charge in [-0.1, -0.05) is 75.0 Å². The molecule has 32 heavy (non-hydrogen) atoms. The van der Waals surface area contributed by atoms with Gasteiger partial charge in [-0.15, -0.1) is 0 Å². The molecule has 0 saturated carbocycles. The molecule has 1 aliphatic rings. The molecule has 0 saturated heterocycles. The second kappa shape index (κ2) is 6.61. The van der Waals surface area contributed by atoms with Crippen LogP contribution in [0.4, 0.5) is 0 Å². The number of benzene rings is 3. The average molecular weight is 415 g/mol. The molecule has 0 atom stereocenters. The predicted octanol–water partition coefficient (Wildman–Crippen LogP) is 8.09. The molecule has 2 heteroatoms. The molecule has 0 spiro atoms. The van der Waals surface area contributed by atoms with E-state index in [0.29, 0.717) is 0 Å². The Labute approximate surface area is 188 Å². The number of aromatic nitrogens is 2. The van der Waals surface area contributed by atoms with E-state index in [0.717, 1.165) is 11.2 Å². The number of hydrogen-bond donors (Lipinski definition) is 1. The van der Waals surface area contributed by atoms with Gasteiger partial charge in [-0.2, -0.15) is 0 Å². The van der Waals surface area contributed by atoms with Gasteiger partial charge in [0.15, 0.2) is 0 Å². The van der Waals surface area contributed by atoms with Crippen LogP contribution in [0.1, 0.15) is 43.2 Å². The number of H-pyrrole nitrogens is 1. The Kier molecular flexibility index (Phi) is 3.91. The van der Waals surface area contributed by atoms with Crippen molar-refractivity contribution in [3.05, 3.63) is 102 Å². The van der Waals surface area contributed by atoms with Gasteiger partial charge in [0, 0.05) is 44.2 Å². The fourth-order valence-electron chi connectivity index (χ4n) is 5.63. The van der Waals surface area contributed by atoms with Gasteiger partial charge in [0.05, 0.1) is 11.2 Å². The molecule has 2 heterocycles. The van der Waals surface area contributed by atoms with E-state index in [1.165, 1.54) is 49.9 Å². The number of allylic oxidation sites excluding steroid dienone is 1. The van der Waals surface area contributed by atoms with Crippen LogP contribution in [0.15, 0.2) is 79.4 Å². The summed E-state index contributed by atoms with van der Waals surface area (Å²) in [6, 6.07) is 24.3. The van der Waals surface area contributed by atoms with Gasteiger partial charge >= 0.3 is 0 Å². The molecule has 0 fully saturated rings. The lowest BCUT2D eigenvalue weighted by molar-refractivity contribution is 0.666. The summed E-state index contributed by atoms with van der Waals surface area (Å²) in [5.41, 5.74) is 11.2. The molecule has 2 aromatic heterocycles. The van der Waals surface area contributed by atoms with Crippen LogP contribution >= 0.6 is 0 Å². The highest BCUT2D eigenvalue weighted by atomic mass is 15.0. The Morgan fingerprint density at radius 1 is 0.938 bits per heavy atom. The van der Waals surface area contributed by atoms with Gasteiger partial charge in [-0.05, 0) is 48.4 Å². The Balaban J connectivity index is 1.83. The Bertz CT molecular complexity index is 1560. The van der Waals surface area contributed by atoms with E-state index in [4.69, 9.17) is 0 Å². The minimum absolute atomic E-state index is 0.0715. The van der Waals surface area contributed by atoms with Crippen molar-refractivity contribution in [3.63, 3.8) is 0 Å². The van der Waals surface area contributed by atoms with E-state index in [-0.39, 0.29) is 5.41 Å². The quantitative estimate of drug-likeness (QED) is 0.308. The van der Waals surface area contributed by atoms with E-state index >= 15 is 0 Å². The fourth-order valence-corrected chi connectivity index (χ4v) is 5.63. The highest BCUT2D eigenvalue weighted by Crippen LogP contribution is 2.54. The molecule has 0 bridgehead atoms. The molecule has 3 aromatic carbocycles. The fraction of sp³-hybridized carbons (Fsp3) is 0.133. The lowest BCUT2D eigenvalue weighted by Gasteiger charge is -2.21. The Morgan fingerprint density at radius 2 is 1.69 bits per heavy atom. The average Bonchev–Trinajstić information content (AvgIpc) is 3.40. The first-order valence-corrected chi connectivity index (χ1v) is 11.2. The minimum atomic E-state index is -0.0715. The van der Waals surface area contributed by atoms with Gasteiger partial charge < -0.3 is 9.55 Å². The number of aromatic amines is 1. The second-order valence-electron chi connectivity index (χ2n) is 9.14. The van der Waals surface area contributed by atoms with Crippen molar-refractivity contribution in [1.29, 1.82) is 0 Å². The molecule has 0 unspecified atom stereocenters. The lowest BCUT2D eigenvalue weighted by atomic mass is 9.81. The van der Waals surface area contributed by atoms with Gasteiger partial charge in [-0.25, -0.2) is 0 Å². The zero-order valence-electron chi connectivity index (χ0n) is 18.7. The van der Waals surface area contributed by atoms with Crippen molar-refractivity contribution >= 4 is 34.0 Å². The number of para-hydroxylation sites is 1. The summed E-state index contributed by atoms with van der Waals surface area (Å²) in [6.07, 6.45) is 6.18. The van der Waals surface area contributed by atoms with Gasteiger partial charge in [-0.3, -0.25) is 0 Å². The molecule has 1 N–H and O–H groups in total. The smallest absolute Gasteiger partial charge is 0.0585 e.